The van der Waals surface area contributed by atoms with Crippen LogP contribution in [0.2, 0.25) is 0 Å². The standard InChI is InChI=1S/C15H13N5OS/c1-10-3-2-4-12(9-10)17-14(21)18-15-20-19-13(22-15)11-5-7-16-8-6-11/h2-9H,1H3,(H2,17,18,20,21). The van der Waals surface area contributed by atoms with Gasteiger partial charge in [0.1, 0.15) is 5.01 Å². The number of aromatic nitrogens is 3. The van der Waals surface area contributed by atoms with Crippen LogP contribution < -0.4 is 10.6 Å². The fourth-order valence-corrected chi connectivity index (χ4v) is 2.61. The third kappa shape index (κ3) is 3.44. The van der Waals surface area contributed by atoms with E-state index in [0.717, 1.165) is 21.8 Å². The molecule has 0 spiro atoms. The highest BCUT2D eigenvalue weighted by atomic mass is 32.1. The Labute approximate surface area is 131 Å². The van der Waals surface area contributed by atoms with Crippen molar-refractivity contribution in [1.82, 2.24) is 15.2 Å². The number of urea groups is 1. The molecule has 2 amide bonds. The minimum absolute atomic E-state index is 0.344. The molecule has 0 atom stereocenters. The number of amides is 2. The molecule has 0 aliphatic carbocycles. The number of nitrogens with one attached hydrogen (secondary N) is 2. The van der Waals surface area contributed by atoms with E-state index in [4.69, 9.17) is 0 Å². The SMILES string of the molecule is Cc1cccc(NC(=O)Nc2nnc(-c3ccncc3)s2)c1. The smallest absolute Gasteiger partial charge is 0.308 e. The summed E-state index contributed by atoms with van der Waals surface area (Å²) in [4.78, 5) is 15.9. The van der Waals surface area contributed by atoms with Crippen molar-refractivity contribution < 1.29 is 4.79 Å². The molecule has 7 heteroatoms. The summed E-state index contributed by atoms with van der Waals surface area (Å²) in [7, 11) is 0. The number of hydrogen-bond donors (Lipinski definition) is 2. The van der Waals surface area contributed by atoms with E-state index in [1.165, 1.54) is 11.3 Å². The van der Waals surface area contributed by atoms with Gasteiger partial charge in [0.25, 0.3) is 0 Å². The predicted molar refractivity (Wildman–Crippen MR) is 87.0 cm³/mol. The zero-order valence-corrected chi connectivity index (χ0v) is 12.6. The van der Waals surface area contributed by atoms with Gasteiger partial charge in [0.2, 0.25) is 5.13 Å². The largest absolute Gasteiger partial charge is 0.325 e. The Morgan fingerprint density at radius 1 is 1.09 bits per heavy atom. The number of pyridine rings is 1. The second-order valence-electron chi connectivity index (χ2n) is 4.60. The molecule has 0 fully saturated rings. The minimum atomic E-state index is -0.344. The van der Waals surface area contributed by atoms with E-state index in [9.17, 15) is 4.79 Å². The lowest BCUT2D eigenvalue weighted by atomic mass is 10.2. The van der Waals surface area contributed by atoms with Gasteiger partial charge >= 0.3 is 6.03 Å². The molecule has 2 heterocycles. The molecular weight excluding hydrogens is 298 g/mol. The van der Waals surface area contributed by atoms with Crippen molar-refractivity contribution in [2.45, 2.75) is 6.92 Å². The van der Waals surface area contributed by atoms with Crippen LogP contribution in [0.4, 0.5) is 15.6 Å². The summed E-state index contributed by atoms with van der Waals surface area (Å²) in [6.45, 7) is 1.97. The molecule has 0 radical (unpaired) electrons. The lowest BCUT2D eigenvalue weighted by Crippen LogP contribution is -2.19. The van der Waals surface area contributed by atoms with Crippen LogP contribution in [0.15, 0.2) is 48.8 Å². The van der Waals surface area contributed by atoms with Crippen LogP contribution in [0.25, 0.3) is 10.6 Å². The molecule has 3 aromatic rings. The van der Waals surface area contributed by atoms with Crippen molar-refractivity contribution in [3.8, 4) is 10.6 Å². The van der Waals surface area contributed by atoms with Crippen molar-refractivity contribution in [2.75, 3.05) is 10.6 Å². The van der Waals surface area contributed by atoms with Gasteiger partial charge in [-0.2, -0.15) is 0 Å². The fourth-order valence-electron chi connectivity index (χ4n) is 1.87. The Bertz CT molecular complexity index is 787. The van der Waals surface area contributed by atoms with Crippen LogP contribution in [0.1, 0.15) is 5.56 Å². The molecule has 6 nitrogen and oxygen atoms in total. The van der Waals surface area contributed by atoms with Gasteiger partial charge in [-0.05, 0) is 36.8 Å². The molecule has 3 rings (SSSR count). The van der Waals surface area contributed by atoms with E-state index in [1.807, 2.05) is 43.3 Å². The third-order valence-corrected chi connectivity index (χ3v) is 3.74. The molecule has 0 saturated heterocycles. The van der Waals surface area contributed by atoms with Crippen LogP contribution in [-0.4, -0.2) is 21.2 Å². The second-order valence-corrected chi connectivity index (χ2v) is 5.57. The number of benzene rings is 1. The summed E-state index contributed by atoms with van der Waals surface area (Å²) >= 11 is 1.31. The Hall–Kier alpha value is -2.80. The zero-order valence-electron chi connectivity index (χ0n) is 11.8. The van der Waals surface area contributed by atoms with Crippen molar-refractivity contribution in [2.24, 2.45) is 0 Å². The number of carbonyl (C=O) groups is 1. The average molecular weight is 311 g/mol. The molecule has 0 aliphatic rings. The number of carbonyl (C=O) groups excluding carboxylic acids is 1. The Kier molecular flexibility index (Phi) is 4.06. The lowest BCUT2D eigenvalue weighted by Gasteiger charge is -2.05. The molecule has 0 bridgehead atoms. The molecule has 0 saturated carbocycles. The van der Waals surface area contributed by atoms with Gasteiger partial charge in [0.15, 0.2) is 0 Å². The first-order valence-corrected chi connectivity index (χ1v) is 7.41. The maximum atomic E-state index is 11.9. The average Bonchev–Trinajstić information content (AvgIpc) is 2.96. The van der Waals surface area contributed by atoms with Gasteiger partial charge in [-0.15, -0.1) is 10.2 Å². The monoisotopic (exact) mass is 311 g/mol. The first-order chi connectivity index (χ1) is 10.7. The molecule has 110 valence electrons. The Morgan fingerprint density at radius 3 is 2.68 bits per heavy atom. The first kappa shape index (κ1) is 14.2. The highest BCUT2D eigenvalue weighted by Crippen LogP contribution is 2.25. The maximum Gasteiger partial charge on any atom is 0.325 e. The van der Waals surface area contributed by atoms with Crippen LogP contribution in [0, 0.1) is 6.92 Å². The molecule has 0 unspecified atom stereocenters. The lowest BCUT2D eigenvalue weighted by molar-refractivity contribution is 0.262. The summed E-state index contributed by atoms with van der Waals surface area (Å²) in [5, 5.41) is 14.6. The number of nitrogens with zero attached hydrogens (tertiary/aromatic N) is 3. The van der Waals surface area contributed by atoms with Gasteiger partial charge in [-0.3, -0.25) is 10.3 Å². The fraction of sp³-hybridized carbons (Fsp3) is 0.0667. The van der Waals surface area contributed by atoms with Gasteiger partial charge in [-0.1, -0.05) is 23.5 Å². The number of rotatable bonds is 3. The second kappa shape index (κ2) is 6.31. The summed E-state index contributed by atoms with van der Waals surface area (Å²) in [6.07, 6.45) is 3.38. The molecule has 2 N–H and O–H groups in total. The van der Waals surface area contributed by atoms with Crippen molar-refractivity contribution in [3.63, 3.8) is 0 Å². The van der Waals surface area contributed by atoms with Crippen molar-refractivity contribution in [3.05, 3.63) is 54.4 Å². The quantitative estimate of drug-likeness (QED) is 0.775. The summed E-state index contributed by atoms with van der Waals surface area (Å²) < 4.78 is 0. The van der Waals surface area contributed by atoms with Crippen molar-refractivity contribution >= 4 is 28.2 Å². The van der Waals surface area contributed by atoms with E-state index in [-0.39, 0.29) is 6.03 Å². The predicted octanol–water partition coefficient (Wildman–Crippen LogP) is 3.55. The third-order valence-electron chi connectivity index (χ3n) is 2.85. The van der Waals surface area contributed by atoms with E-state index in [2.05, 4.69) is 25.8 Å². The molecule has 2 aromatic heterocycles. The van der Waals surface area contributed by atoms with Crippen molar-refractivity contribution in [1.29, 1.82) is 0 Å². The Balaban J connectivity index is 1.66. The number of hydrogen-bond acceptors (Lipinski definition) is 5. The van der Waals surface area contributed by atoms with Crippen LogP contribution in [-0.2, 0) is 0 Å². The van der Waals surface area contributed by atoms with E-state index in [1.54, 1.807) is 12.4 Å². The summed E-state index contributed by atoms with van der Waals surface area (Å²) in [5.74, 6) is 0. The Morgan fingerprint density at radius 2 is 1.91 bits per heavy atom. The van der Waals surface area contributed by atoms with Gasteiger partial charge < -0.3 is 5.32 Å². The molecule has 22 heavy (non-hydrogen) atoms. The van der Waals surface area contributed by atoms with Crippen LogP contribution in [0.5, 0.6) is 0 Å². The van der Waals surface area contributed by atoms with Gasteiger partial charge in [0, 0.05) is 23.6 Å². The number of aryl methyl sites for hydroxylation is 1. The van der Waals surface area contributed by atoms with E-state index in [0.29, 0.717) is 5.13 Å². The van der Waals surface area contributed by atoms with E-state index >= 15 is 0 Å². The molecular formula is C15H13N5OS. The number of anilines is 2. The molecule has 0 aliphatic heterocycles. The zero-order chi connectivity index (χ0) is 15.4. The summed E-state index contributed by atoms with van der Waals surface area (Å²) in [6, 6.07) is 10.9. The highest BCUT2D eigenvalue weighted by molar-refractivity contribution is 7.18. The highest BCUT2D eigenvalue weighted by Gasteiger charge is 2.09. The topological polar surface area (TPSA) is 79.8 Å². The first-order valence-electron chi connectivity index (χ1n) is 6.59. The summed E-state index contributed by atoms with van der Waals surface area (Å²) in [5.41, 5.74) is 2.73. The van der Waals surface area contributed by atoms with Gasteiger partial charge in [0.05, 0.1) is 0 Å². The van der Waals surface area contributed by atoms with Crippen LogP contribution >= 0.6 is 11.3 Å². The normalized spacial score (nSPS) is 10.2. The maximum absolute atomic E-state index is 11.9. The minimum Gasteiger partial charge on any atom is -0.308 e. The van der Waals surface area contributed by atoms with Crippen LogP contribution in [0.3, 0.4) is 0 Å². The van der Waals surface area contributed by atoms with E-state index < -0.39 is 0 Å². The molecule has 1 aromatic carbocycles. The van der Waals surface area contributed by atoms with Gasteiger partial charge in [-0.25, -0.2) is 4.79 Å².